The summed E-state index contributed by atoms with van der Waals surface area (Å²) in [5.74, 6) is -0.733. The van der Waals surface area contributed by atoms with Crippen molar-refractivity contribution in [1.29, 1.82) is 0 Å². The quantitative estimate of drug-likeness (QED) is 0.324. The zero-order valence-corrected chi connectivity index (χ0v) is 20.1. The Morgan fingerprint density at radius 1 is 0.971 bits per heavy atom. The summed E-state index contributed by atoms with van der Waals surface area (Å²) >= 11 is 0. The Kier molecular flexibility index (Phi) is 10.2. The molecule has 0 fully saturated rings. The van der Waals surface area contributed by atoms with Crippen LogP contribution in [-0.4, -0.2) is 38.4 Å². The van der Waals surface area contributed by atoms with Crippen molar-refractivity contribution in [2.45, 2.75) is 38.6 Å². The van der Waals surface area contributed by atoms with E-state index in [0.29, 0.717) is 5.56 Å². The van der Waals surface area contributed by atoms with Crippen molar-refractivity contribution in [3.05, 3.63) is 71.3 Å². The van der Waals surface area contributed by atoms with E-state index >= 15 is 0 Å². The molecule has 0 aliphatic carbocycles. The third kappa shape index (κ3) is 7.09. The van der Waals surface area contributed by atoms with E-state index in [1.54, 1.807) is 24.3 Å². The number of alkyl carbamates (subject to hydrolysis) is 1. The van der Waals surface area contributed by atoms with E-state index in [4.69, 9.17) is 18.5 Å². The summed E-state index contributed by atoms with van der Waals surface area (Å²) in [6, 6.07) is 12.7. The van der Waals surface area contributed by atoms with Crippen molar-refractivity contribution in [3.8, 4) is 0 Å². The lowest BCUT2D eigenvalue weighted by atomic mass is 10.0. The monoisotopic (exact) mass is 499 g/mol. The van der Waals surface area contributed by atoms with E-state index in [-0.39, 0.29) is 26.2 Å². The van der Waals surface area contributed by atoms with Crippen LogP contribution >= 0.6 is 7.60 Å². The standard InChI is InChI=1S/C23H28F2NO7P/c1-4-32-34(29,33-5-2)23(24,25)19-13-11-17(12-14-19)15-20(21(27)30-3)26-22(28)31-16-18-9-7-6-8-10-18/h6-14,20H,4-5,15-16H2,1-3H3,(H,26,28)/t20-/m0/s1. The molecule has 11 heteroatoms. The van der Waals surface area contributed by atoms with Crippen LogP contribution in [0.2, 0.25) is 0 Å². The molecule has 0 radical (unpaired) electrons. The number of ether oxygens (including phenoxy) is 2. The maximum absolute atomic E-state index is 14.9. The predicted octanol–water partition coefficient (Wildman–Crippen LogP) is 5.01. The smallest absolute Gasteiger partial charge is 0.408 e. The highest BCUT2D eigenvalue weighted by molar-refractivity contribution is 7.54. The normalized spacial score (nSPS) is 12.6. The summed E-state index contributed by atoms with van der Waals surface area (Å²) in [4.78, 5) is 24.3. The van der Waals surface area contributed by atoms with Crippen molar-refractivity contribution in [2.75, 3.05) is 20.3 Å². The number of benzene rings is 2. The van der Waals surface area contributed by atoms with Gasteiger partial charge in [0.15, 0.2) is 0 Å². The molecule has 0 aliphatic rings. The molecule has 0 heterocycles. The first-order valence-electron chi connectivity index (χ1n) is 10.6. The van der Waals surface area contributed by atoms with Gasteiger partial charge in [0, 0.05) is 12.0 Å². The van der Waals surface area contributed by atoms with E-state index in [1.807, 2.05) is 6.07 Å². The van der Waals surface area contributed by atoms with E-state index in [9.17, 15) is 22.9 Å². The fourth-order valence-corrected chi connectivity index (χ4v) is 4.56. The molecule has 1 amide bonds. The number of rotatable bonds is 12. The molecular weight excluding hydrogens is 471 g/mol. The molecule has 2 aromatic carbocycles. The molecule has 0 saturated heterocycles. The average molecular weight is 499 g/mol. The summed E-state index contributed by atoms with van der Waals surface area (Å²) in [5.41, 5.74) is -3.23. The molecule has 34 heavy (non-hydrogen) atoms. The van der Waals surface area contributed by atoms with Crippen LogP contribution in [0, 0.1) is 0 Å². The van der Waals surface area contributed by atoms with Gasteiger partial charge in [0.2, 0.25) is 0 Å². The first-order chi connectivity index (χ1) is 16.2. The number of hydrogen-bond acceptors (Lipinski definition) is 7. The molecule has 186 valence electrons. The zero-order chi connectivity index (χ0) is 25.2. The molecule has 0 unspecified atom stereocenters. The average Bonchev–Trinajstić information content (AvgIpc) is 2.83. The highest BCUT2D eigenvalue weighted by Crippen LogP contribution is 2.66. The van der Waals surface area contributed by atoms with Gasteiger partial charge in [-0.2, -0.15) is 8.78 Å². The Bertz CT molecular complexity index is 977. The molecule has 0 aliphatic heterocycles. The van der Waals surface area contributed by atoms with Gasteiger partial charge in [0.1, 0.15) is 12.6 Å². The Hall–Kier alpha value is -2.81. The lowest BCUT2D eigenvalue weighted by Gasteiger charge is -2.26. The molecule has 0 aromatic heterocycles. The fourth-order valence-electron chi connectivity index (χ4n) is 3.02. The van der Waals surface area contributed by atoms with Crippen LogP contribution in [0.4, 0.5) is 13.6 Å². The van der Waals surface area contributed by atoms with Crippen LogP contribution in [0.5, 0.6) is 0 Å². The van der Waals surface area contributed by atoms with Crippen molar-refractivity contribution in [1.82, 2.24) is 5.32 Å². The number of esters is 1. The number of nitrogens with one attached hydrogen (secondary N) is 1. The zero-order valence-electron chi connectivity index (χ0n) is 19.2. The van der Waals surface area contributed by atoms with Crippen LogP contribution in [0.3, 0.4) is 0 Å². The molecule has 0 bridgehead atoms. The second kappa shape index (κ2) is 12.6. The van der Waals surface area contributed by atoms with Gasteiger partial charge in [0.05, 0.1) is 20.3 Å². The second-order valence-corrected chi connectivity index (χ2v) is 9.13. The molecular formula is C23H28F2NO7P. The predicted molar refractivity (Wildman–Crippen MR) is 120 cm³/mol. The summed E-state index contributed by atoms with van der Waals surface area (Å²) in [6.07, 6.45) is -0.884. The lowest BCUT2D eigenvalue weighted by Crippen LogP contribution is -2.43. The Morgan fingerprint density at radius 2 is 1.56 bits per heavy atom. The van der Waals surface area contributed by atoms with Gasteiger partial charge >= 0.3 is 25.3 Å². The Morgan fingerprint density at radius 3 is 2.09 bits per heavy atom. The number of halogens is 2. The number of methoxy groups -OCH3 is 1. The van der Waals surface area contributed by atoms with Gasteiger partial charge in [0.25, 0.3) is 0 Å². The number of carbonyl (C=O) groups excluding carboxylic acids is 2. The summed E-state index contributed by atoms with van der Waals surface area (Å²) in [7, 11) is -3.58. The molecule has 2 rings (SSSR count). The molecule has 8 nitrogen and oxygen atoms in total. The minimum atomic E-state index is -4.74. The molecule has 0 spiro atoms. The fraction of sp³-hybridized carbons (Fsp3) is 0.391. The second-order valence-electron chi connectivity index (χ2n) is 7.06. The topological polar surface area (TPSA) is 100 Å². The van der Waals surface area contributed by atoms with Crippen molar-refractivity contribution < 1.29 is 41.5 Å². The van der Waals surface area contributed by atoms with Crippen LogP contribution in [-0.2, 0) is 46.6 Å². The van der Waals surface area contributed by atoms with Crippen molar-refractivity contribution in [2.24, 2.45) is 0 Å². The van der Waals surface area contributed by atoms with E-state index in [0.717, 1.165) is 24.8 Å². The molecule has 1 N–H and O–H groups in total. The summed E-state index contributed by atoms with van der Waals surface area (Å²) < 4.78 is 61.8. The Labute approximate surface area is 197 Å². The molecule has 2 aromatic rings. The van der Waals surface area contributed by atoms with E-state index in [1.165, 1.54) is 26.0 Å². The van der Waals surface area contributed by atoms with Crippen molar-refractivity contribution >= 4 is 19.7 Å². The summed E-state index contributed by atoms with van der Waals surface area (Å²) in [5, 5.41) is 2.42. The van der Waals surface area contributed by atoms with Gasteiger partial charge in [-0.3, -0.25) is 4.57 Å². The van der Waals surface area contributed by atoms with Crippen molar-refractivity contribution in [3.63, 3.8) is 0 Å². The third-order valence-corrected chi connectivity index (χ3v) is 6.82. The minimum Gasteiger partial charge on any atom is -0.467 e. The van der Waals surface area contributed by atoms with Gasteiger partial charge in [-0.1, -0.05) is 54.6 Å². The largest absolute Gasteiger partial charge is 0.467 e. The van der Waals surface area contributed by atoms with Gasteiger partial charge in [-0.25, -0.2) is 9.59 Å². The highest BCUT2D eigenvalue weighted by atomic mass is 31.2. The van der Waals surface area contributed by atoms with E-state index < -0.39 is 36.9 Å². The first kappa shape index (κ1) is 27.4. The summed E-state index contributed by atoms with van der Waals surface area (Å²) in [6.45, 7) is 2.46. The van der Waals surface area contributed by atoms with Gasteiger partial charge in [-0.15, -0.1) is 0 Å². The maximum atomic E-state index is 14.9. The Balaban J connectivity index is 2.10. The number of amides is 1. The van der Waals surface area contributed by atoms with Crippen LogP contribution < -0.4 is 5.32 Å². The minimum absolute atomic E-state index is 0.00403. The maximum Gasteiger partial charge on any atom is 0.408 e. The van der Waals surface area contributed by atoms with Crippen LogP contribution in [0.15, 0.2) is 54.6 Å². The highest BCUT2D eigenvalue weighted by Gasteiger charge is 2.54. The number of carbonyl (C=O) groups is 2. The van der Waals surface area contributed by atoms with Crippen LogP contribution in [0.25, 0.3) is 0 Å². The third-order valence-electron chi connectivity index (χ3n) is 4.67. The first-order valence-corrected chi connectivity index (χ1v) is 12.1. The van der Waals surface area contributed by atoms with Gasteiger partial charge in [-0.05, 0) is 25.0 Å². The number of hydrogen-bond donors (Lipinski definition) is 1. The molecule has 1 atom stereocenters. The number of alkyl halides is 2. The van der Waals surface area contributed by atoms with Gasteiger partial charge < -0.3 is 23.8 Å². The van der Waals surface area contributed by atoms with Crippen LogP contribution in [0.1, 0.15) is 30.5 Å². The lowest BCUT2D eigenvalue weighted by molar-refractivity contribution is -0.143. The van der Waals surface area contributed by atoms with E-state index in [2.05, 4.69) is 5.32 Å². The SMILES string of the molecule is CCOP(=O)(OCC)C(F)(F)c1ccc(C[C@H](NC(=O)OCc2ccccc2)C(=O)OC)cc1. The molecule has 0 saturated carbocycles.